The van der Waals surface area contributed by atoms with Gasteiger partial charge in [0.2, 0.25) is 10.0 Å². The second-order valence-electron chi connectivity index (χ2n) is 6.02. The molecule has 2 aliphatic carbocycles. The monoisotopic (exact) mass is 294 g/mol. The molecular weight excluding hydrogens is 272 g/mol. The number of benzene rings is 1. The van der Waals surface area contributed by atoms with Crippen molar-refractivity contribution in [3.63, 3.8) is 0 Å². The van der Waals surface area contributed by atoms with E-state index < -0.39 is 10.0 Å². The molecule has 3 unspecified atom stereocenters. The fourth-order valence-electron chi connectivity index (χ4n) is 3.82. The first-order chi connectivity index (χ1) is 9.60. The molecule has 2 bridgehead atoms. The van der Waals surface area contributed by atoms with Gasteiger partial charge in [-0.3, -0.25) is 0 Å². The first-order valence-electron chi connectivity index (χ1n) is 7.36. The predicted octanol–water partition coefficient (Wildman–Crippen LogP) is 2.44. The number of hydrogen-bond donors (Lipinski definition) is 2. The summed E-state index contributed by atoms with van der Waals surface area (Å²) in [5, 5.41) is 3.36. The molecule has 3 rings (SSSR count). The van der Waals surface area contributed by atoms with E-state index in [4.69, 9.17) is 0 Å². The first kappa shape index (κ1) is 13.9. The van der Waals surface area contributed by atoms with Gasteiger partial charge in [0.1, 0.15) is 4.90 Å². The summed E-state index contributed by atoms with van der Waals surface area (Å²) < 4.78 is 26.4. The van der Waals surface area contributed by atoms with Gasteiger partial charge in [0.15, 0.2) is 0 Å². The van der Waals surface area contributed by atoms with Crippen molar-refractivity contribution in [2.75, 3.05) is 18.9 Å². The summed E-state index contributed by atoms with van der Waals surface area (Å²) in [5.41, 5.74) is 0.713. The number of para-hydroxylation sites is 1. The normalized spacial score (nSPS) is 28.8. The smallest absolute Gasteiger partial charge is 0.242 e. The Kier molecular flexibility index (Phi) is 3.73. The molecular formula is C15H22N2O2S. The fraction of sp³-hybridized carbons (Fsp3) is 0.600. The molecule has 2 saturated carbocycles. The van der Waals surface area contributed by atoms with E-state index in [2.05, 4.69) is 10.0 Å². The molecule has 0 radical (unpaired) electrons. The van der Waals surface area contributed by atoms with Crippen molar-refractivity contribution in [3.8, 4) is 0 Å². The summed E-state index contributed by atoms with van der Waals surface area (Å²) in [7, 11) is -1.95. The van der Waals surface area contributed by atoms with Crippen molar-refractivity contribution < 1.29 is 8.42 Å². The average molecular weight is 294 g/mol. The molecule has 4 nitrogen and oxygen atoms in total. The lowest BCUT2D eigenvalue weighted by Gasteiger charge is -2.23. The van der Waals surface area contributed by atoms with E-state index in [0.717, 1.165) is 18.4 Å². The van der Waals surface area contributed by atoms with Crippen molar-refractivity contribution in [2.24, 2.45) is 17.8 Å². The Morgan fingerprint density at radius 2 is 2.00 bits per heavy atom. The summed E-state index contributed by atoms with van der Waals surface area (Å²) >= 11 is 0. The van der Waals surface area contributed by atoms with Gasteiger partial charge in [0.25, 0.3) is 0 Å². The SMILES string of the molecule is CNS(=O)(=O)c1ccccc1NCC1CC2CCC1C2. The van der Waals surface area contributed by atoms with Gasteiger partial charge in [-0.25, -0.2) is 13.1 Å². The molecule has 110 valence electrons. The molecule has 0 heterocycles. The predicted molar refractivity (Wildman–Crippen MR) is 80.1 cm³/mol. The van der Waals surface area contributed by atoms with Gasteiger partial charge < -0.3 is 5.32 Å². The summed E-state index contributed by atoms with van der Waals surface area (Å²) in [6.07, 6.45) is 5.43. The molecule has 2 aliphatic rings. The number of nitrogens with one attached hydrogen (secondary N) is 2. The van der Waals surface area contributed by atoms with Crippen LogP contribution in [0.5, 0.6) is 0 Å². The Hall–Kier alpha value is -1.07. The average Bonchev–Trinajstić information content (AvgIpc) is 3.08. The van der Waals surface area contributed by atoms with Gasteiger partial charge in [-0.1, -0.05) is 18.6 Å². The largest absolute Gasteiger partial charge is 0.384 e. The standard InChI is InChI=1S/C15H22N2O2S/c1-16-20(18,19)15-5-3-2-4-14(15)17-10-13-9-11-6-7-12(13)8-11/h2-5,11-13,16-17H,6-10H2,1H3. The van der Waals surface area contributed by atoms with Crippen LogP contribution in [-0.4, -0.2) is 22.0 Å². The minimum atomic E-state index is -3.40. The van der Waals surface area contributed by atoms with Crippen LogP contribution in [0.3, 0.4) is 0 Å². The summed E-state index contributed by atoms with van der Waals surface area (Å²) in [6.45, 7) is 0.886. The van der Waals surface area contributed by atoms with E-state index in [0.29, 0.717) is 16.5 Å². The molecule has 2 N–H and O–H groups in total. The molecule has 0 aliphatic heterocycles. The van der Waals surface area contributed by atoms with Gasteiger partial charge in [-0.15, -0.1) is 0 Å². The highest BCUT2D eigenvalue weighted by Gasteiger charge is 2.39. The van der Waals surface area contributed by atoms with Crippen LogP contribution in [0.4, 0.5) is 5.69 Å². The first-order valence-corrected chi connectivity index (χ1v) is 8.85. The quantitative estimate of drug-likeness (QED) is 0.877. The number of hydrogen-bond acceptors (Lipinski definition) is 3. The van der Waals surface area contributed by atoms with Crippen LogP contribution < -0.4 is 10.0 Å². The maximum Gasteiger partial charge on any atom is 0.242 e. The Balaban J connectivity index is 1.72. The van der Waals surface area contributed by atoms with E-state index in [1.807, 2.05) is 12.1 Å². The Bertz CT molecular complexity index is 585. The maximum atomic E-state index is 12.0. The highest BCUT2D eigenvalue weighted by Crippen LogP contribution is 2.48. The van der Waals surface area contributed by atoms with Crippen molar-refractivity contribution >= 4 is 15.7 Å². The zero-order chi connectivity index (χ0) is 14.2. The third-order valence-electron chi connectivity index (χ3n) is 4.88. The van der Waals surface area contributed by atoms with E-state index in [1.165, 1.54) is 32.7 Å². The molecule has 1 aromatic rings. The molecule has 1 aromatic carbocycles. The van der Waals surface area contributed by atoms with Crippen LogP contribution in [0.2, 0.25) is 0 Å². The van der Waals surface area contributed by atoms with Crippen LogP contribution >= 0.6 is 0 Å². The van der Waals surface area contributed by atoms with Crippen LogP contribution in [-0.2, 0) is 10.0 Å². The maximum absolute atomic E-state index is 12.0. The lowest BCUT2D eigenvalue weighted by Crippen LogP contribution is -2.23. The Labute approximate surface area is 121 Å². The van der Waals surface area contributed by atoms with Crippen LogP contribution in [0.15, 0.2) is 29.2 Å². The third kappa shape index (κ3) is 2.56. The second kappa shape index (κ2) is 5.37. The molecule has 0 saturated heterocycles. The lowest BCUT2D eigenvalue weighted by atomic mass is 9.89. The molecule has 20 heavy (non-hydrogen) atoms. The second-order valence-corrected chi connectivity index (χ2v) is 7.87. The van der Waals surface area contributed by atoms with Crippen LogP contribution in [0.1, 0.15) is 25.7 Å². The van der Waals surface area contributed by atoms with E-state index >= 15 is 0 Å². The van der Waals surface area contributed by atoms with E-state index in [1.54, 1.807) is 12.1 Å². The van der Waals surface area contributed by atoms with Crippen LogP contribution in [0.25, 0.3) is 0 Å². The molecule has 5 heteroatoms. The van der Waals surface area contributed by atoms with Crippen molar-refractivity contribution in [3.05, 3.63) is 24.3 Å². The third-order valence-corrected chi connectivity index (χ3v) is 6.36. The number of fused-ring (bicyclic) bond motifs is 2. The summed E-state index contributed by atoms with van der Waals surface area (Å²) in [5.74, 6) is 2.47. The van der Waals surface area contributed by atoms with Crippen LogP contribution in [0, 0.1) is 17.8 Å². The fourth-order valence-corrected chi connectivity index (χ4v) is 4.73. The van der Waals surface area contributed by atoms with Gasteiger partial charge >= 0.3 is 0 Å². The Morgan fingerprint density at radius 1 is 1.20 bits per heavy atom. The summed E-state index contributed by atoms with van der Waals surface area (Å²) in [6, 6.07) is 7.12. The van der Waals surface area contributed by atoms with E-state index in [9.17, 15) is 8.42 Å². The van der Waals surface area contributed by atoms with Crippen molar-refractivity contribution in [2.45, 2.75) is 30.6 Å². The summed E-state index contributed by atoms with van der Waals surface area (Å²) in [4.78, 5) is 0.339. The molecule has 3 atom stereocenters. The molecule has 0 spiro atoms. The highest BCUT2D eigenvalue weighted by molar-refractivity contribution is 7.89. The molecule has 0 amide bonds. The topological polar surface area (TPSA) is 58.2 Å². The molecule has 2 fully saturated rings. The van der Waals surface area contributed by atoms with Gasteiger partial charge in [-0.2, -0.15) is 0 Å². The Morgan fingerprint density at radius 3 is 2.65 bits per heavy atom. The van der Waals surface area contributed by atoms with Crippen molar-refractivity contribution in [1.29, 1.82) is 0 Å². The zero-order valence-corrected chi connectivity index (χ0v) is 12.6. The number of anilines is 1. The minimum absolute atomic E-state index is 0.339. The lowest BCUT2D eigenvalue weighted by molar-refractivity contribution is 0.348. The highest BCUT2D eigenvalue weighted by atomic mass is 32.2. The molecule has 0 aromatic heterocycles. The number of sulfonamides is 1. The number of rotatable bonds is 5. The van der Waals surface area contributed by atoms with E-state index in [-0.39, 0.29) is 0 Å². The minimum Gasteiger partial charge on any atom is -0.384 e. The van der Waals surface area contributed by atoms with Crippen molar-refractivity contribution in [1.82, 2.24) is 4.72 Å². The van der Waals surface area contributed by atoms with Gasteiger partial charge in [-0.05, 0) is 56.2 Å². The van der Waals surface area contributed by atoms with Gasteiger partial charge in [0.05, 0.1) is 5.69 Å². The van der Waals surface area contributed by atoms with Gasteiger partial charge in [0, 0.05) is 6.54 Å². The zero-order valence-electron chi connectivity index (χ0n) is 11.8.